The highest BCUT2D eigenvalue weighted by atomic mass is 35.5. The maximum absolute atomic E-state index is 12.4. The number of nitrogen functional groups attached to an aromatic ring is 2. The minimum atomic E-state index is -2.60. The molecule has 0 radical (unpaired) electrons. The van der Waals surface area contributed by atoms with Gasteiger partial charge in [-0.1, -0.05) is 0 Å². The van der Waals surface area contributed by atoms with Crippen LogP contribution in [0.15, 0.2) is 24.5 Å². The van der Waals surface area contributed by atoms with E-state index >= 15 is 0 Å². The van der Waals surface area contributed by atoms with Crippen molar-refractivity contribution in [2.45, 2.75) is 11.8 Å². The van der Waals surface area contributed by atoms with Crippen molar-refractivity contribution in [3.8, 4) is 0 Å². The van der Waals surface area contributed by atoms with Crippen LogP contribution < -0.4 is 21.7 Å². The largest absolute Gasteiger partial charge is 0.384 e. The van der Waals surface area contributed by atoms with E-state index in [0.717, 1.165) is 0 Å². The molecular formula is C14H18Cl2F4N8. The third-order valence-corrected chi connectivity index (χ3v) is 3.39. The first-order valence-corrected chi connectivity index (χ1v) is 7.98. The lowest BCUT2D eigenvalue weighted by atomic mass is 10.2. The number of alkyl halides is 4. The highest BCUT2D eigenvalue weighted by molar-refractivity contribution is 6.28. The number of anilines is 3. The van der Waals surface area contributed by atoms with E-state index in [9.17, 15) is 17.6 Å². The topological polar surface area (TPSA) is 119 Å². The molecule has 0 amide bonds. The number of hydrogen-bond donors (Lipinski definition) is 3. The molecule has 0 spiro atoms. The van der Waals surface area contributed by atoms with Crippen LogP contribution in [0.2, 0.25) is 5.28 Å². The van der Waals surface area contributed by atoms with Crippen LogP contribution in [-0.4, -0.2) is 58.0 Å². The van der Waals surface area contributed by atoms with Crippen molar-refractivity contribution in [2.24, 2.45) is 0 Å². The Hall–Kier alpha value is -2.18. The minimum absolute atomic E-state index is 0. The van der Waals surface area contributed by atoms with Gasteiger partial charge in [-0.25, -0.2) is 32.5 Å². The first-order valence-electron chi connectivity index (χ1n) is 7.60. The molecule has 4 heterocycles. The van der Waals surface area contributed by atoms with Gasteiger partial charge in [0.1, 0.15) is 11.6 Å². The number of nitrogens with one attached hydrogen (secondary N) is 1. The first kappa shape index (κ1) is 23.9. The fourth-order valence-corrected chi connectivity index (χ4v) is 1.98. The molecule has 0 atom stereocenters. The van der Waals surface area contributed by atoms with E-state index in [1.165, 1.54) is 23.4 Å². The lowest BCUT2D eigenvalue weighted by molar-refractivity contribution is -0.0475. The molecule has 2 aromatic heterocycles. The summed E-state index contributed by atoms with van der Waals surface area (Å²) in [5.41, 5.74) is 10.6. The van der Waals surface area contributed by atoms with Crippen LogP contribution in [0.25, 0.3) is 0 Å². The molecule has 2 aromatic rings. The van der Waals surface area contributed by atoms with E-state index in [4.69, 9.17) is 23.1 Å². The average molecular weight is 445 g/mol. The summed E-state index contributed by atoms with van der Waals surface area (Å²) in [6.07, 6.45) is 2.96. The van der Waals surface area contributed by atoms with Gasteiger partial charge in [0.2, 0.25) is 11.2 Å². The molecule has 0 saturated carbocycles. The van der Waals surface area contributed by atoms with Crippen LogP contribution >= 0.6 is 24.0 Å². The quantitative estimate of drug-likeness (QED) is 0.450. The average Bonchev–Trinajstić information content (AvgIpc) is 2.52. The first-order chi connectivity index (χ1) is 12.6. The Morgan fingerprint density at radius 3 is 1.75 bits per heavy atom. The van der Waals surface area contributed by atoms with Crippen molar-refractivity contribution in [2.75, 3.05) is 42.5 Å². The number of aromatic nitrogens is 4. The third kappa shape index (κ3) is 7.82. The maximum Gasteiger partial charge on any atom is 0.282 e. The summed E-state index contributed by atoms with van der Waals surface area (Å²) in [6.45, 7) is -0.910. The molecule has 0 bridgehead atoms. The molecule has 4 rings (SSSR count). The number of hydrogen-bond acceptors (Lipinski definition) is 8. The Bertz CT molecular complexity index is 736. The highest BCUT2D eigenvalue weighted by Gasteiger charge is 2.45. The SMILES string of the molecule is Cl.FC1(F)CNC1.Nc1ccnc(Cl)n1.Nc1ccnc(N2CC(F)(F)C2)n1. The highest BCUT2D eigenvalue weighted by Crippen LogP contribution is 2.29. The van der Waals surface area contributed by atoms with Crippen molar-refractivity contribution in [3.63, 3.8) is 0 Å². The second kappa shape index (κ2) is 9.85. The number of nitrogens with zero attached hydrogens (tertiary/aromatic N) is 5. The van der Waals surface area contributed by atoms with E-state index in [1.807, 2.05) is 0 Å². The van der Waals surface area contributed by atoms with Gasteiger partial charge in [-0.3, -0.25) is 0 Å². The third-order valence-electron chi connectivity index (χ3n) is 3.21. The Morgan fingerprint density at radius 2 is 1.43 bits per heavy atom. The Balaban J connectivity index is 0.000000225. The predicted octanol–water partition coefficient (Wildman–Crippen LogP) is 1.87. The molecule has 0 aromatic carbocycles. The fourth-order valence-electron chi connectivity index (χ4n) is 1.83. The van der Waals surface area contributed by atoms with Crippen molar-refractivity contribution in [1.29, 1.82) is 0 Å². The number of nitrogens with two attached hydrogens (primary N) is 2. The Labute approximate surface area is 169 Å². The maximum atomic E-state index is 12.4. The van der Waals surface area contributed by atoms with Gasteiger partial charge < -0.3 is 21.7 Å². The second-order valence-electron chi connectivity index (χ2n) is 5.70. The molecule has 2 fully saturated rings. The van der Waals surface area contributed by atoms with Crippen molar-refractivity contribution >= 4 is 41.6 Å². The van der Waals surface area contributed by atoms with Gasteiger partial charge in [0.15, 0.2) is 0 Å². The smallest absolute Gasteiger partial charge is 0.282 e. The molecule has 2 saturated heterocycles. The van der Waals surface area contributed by atoms with E-state index in [2.05, 4.69) is 25.3 Å². The predicted molar refractivity (Wildman–Crippen MR) is 100 cm³/mol. The summed E-state index contributed by atoms with van der Waals surface area (Å²) in [5, 5.41) is 2.64. The summed E-state index contributed by atoms with van der Waals surface area (Å²) in [6, 6.07) is 3.09. The Kier molecular flexibility index (Phi) is 8.39. The molecule has 14 heteroatoms. The molecule has 2 aliphatic heterocycles. The fraction of sp³-hybridized carbons (Fsp3) is 0.429. The van der Waals surface area contributed by atoms with Gasteiger partial charge in [0, 0.05) is 12.4 Å². The summed E-state index contributed by atoms with van der Waals surface area (Å²) in [7, 11) is 0. The zero-order valence-electron chi connectivity index (χ0n) is 14.3. The minimum Gasteiger partial charge on any atom is -0.384 e. The van der Waals surface area contributed by atoms with Crippen LogP contribution in [0.1, 0.15) is 0 Å². The monoisotopic (exact) mass is 444 g/mol. The zero-order valence-corrected chi connectivity index (χ0v) is 15.9. The normalized spacial score (nSPS) is 18.0. The van der Waals surface area contributed by atoms with Crippen LogP contribution in [0.4, 0.5) is 35.1 Å². The van der Waals surface area contributed by atoms with E-state index in [0.29, 0.717) is 11.6 Å². The molecule has 0 aliphatic carbocycles. The van der Waals surface area contributed by atoms with Gasteiger partial charge in [0.25, 0.3) is 11.8 Å². The summed E-state index contributed by atoms with van der Waals surface area (Å²) >= 11 is 5.34. The number of halogens is 6. The van der Waals surface area contributed by atoms with Crippen LogP contribution in [0, 0.1) is 0 Å². The van der Waals surface area contributed by atoms with Crippen molar-refractivity contribution in [1.82, 2.24) is 25.3 Å². The van der Waals surface area contributed by atoms with Crippen LogP contribution in [0.3, 0.4) is 0 Å². The lowest BCUT2D eigenvalue weighted by Crippen LogP contribution is -2.57. The Morgan fingerprint density at radius 1 is 0.929 bits per heavy atom. The van der Waals surface area contributed by atoms with E-state index in [-0.39, 0.29) is 49.8 Å². The van der Waals surface area contributed by atoms with Gasteiger partial charge >= 0.3 is 0 Å². The summed E-state index contributed by atoms with van der Waals surface area (Å²) < 4.78 is 47.8. The van der Waals surface area contributed by atoms with Crippen LogP contribution in [0.5, 0.6) is 0 Å². The summed E-state index contributed by atoms with van der Waals surface area (Å²) in [4.78, 5) is 16.3. The van der Waals surface area contributed by atoms with Crippen molar-refractivity contribution in [3.05, 3.63) is 29.8 Å². The zero-order chi connectivity index (χ0) is 20.1. The standard InChI is InChI=1S/C7H8F2N4.C4H4ClN3.C3H5F2N.ClH/c8-7(9)3-13(4-7)6-11-2-1-5(10)12-6;5-4-7-2-1-3(6)8-4;4-3(5)1-6-2-3;/h1-2H,3-4H2,(H2,10,11,12);1-2H,(H2,6,7,8);6H,1-2H2;1H. The van der Waals surface area contributed by atoms with Gasteiger partial charge in [0.05, 0.1) is 26.2 Å². The molecule has 28 heavy (non-hydrogen) atoms. The molecule has 0 unspecified atom stereocenters. The molecule has 8 nitrogen and oxygen atoms in total. The van der Waals surface area contributed by atoms with Gasteiger partial charge in [-0.15, -0.1) is 12.4 Å². The molecule has 2 aliphatic rings. The molecule has 5 N–H and O–H groups in total. The van der Waals surface area contributed by atoms with Crippen LogP contribution in [-0.2, 0) is 0 Å². The number of rotatable bonds is 1. The lowest BCUT2D eigenvalue weighted by Gasteiger charge is -2.38. The molecule has 156 valence electrons. The summed E-state index contributed by atoms with van der Waals surface area (Å²) in [5.74, 6) is -4.04. The second-order valence-corrected chi connectivity index (χ2v) is 6.04. The van der Waals surface area contributed by atoms with Crippen molar-refractivity contribution < 1.29 is 17.6 Å². The van der Waals surface area contributed by atoms with Gasteiger partial charge in [-0.05, 0) is 23.7 Å². The van der Waals surface area contributed by atoms with E-state index < -0.39 is 11.8 Å². The van der Waals surface area contributed by atoms with E-state index in [1.54, 1.807) is 6.07 Å². The molecular weight excluding hydrogens is 427 g/mol. The van der Waals surface area contributed by atoms with Gasteiger partial charge in [-0.2, -0.15) is 4.98 Å².